The summed E-state index contributed by atoms with van der Waals surface area (Å²) in [4.78, 5) is 16.5. The Morgan fingerprint density at radius 2 is 1.96 bits per heavy atom. The fourth-order valence-corrected chi connectivity index (χ4v) is 3.44. The molecule has 4 heteroatoms. The van der Waals surface area contributed by atoms with Crippen LogP contribution in [0.4, 0.5) is 0 Å². The van der Waals surface area contributed by atoms with Gasteiger partial charge < -0.3 is 10.3 Å². The second-order valence-electron chi connectivity index (χ2n) is 6.52. The van der Waals surface area contributed by atoms with Crippen molar-refractivity contribution in [2.75, 3.05) is 26.2 Å². The number of unbranched alkanes of at least 4 members (excludes halogenated alkanes) is 1. The number of allylic oxidation sites excluding steroid dienone is 1. The van der Waals surface area contributed by atoms with Crippen LogP contribution in [0.1, 0.15) is 65.2 Å². The monoisotopic (exact) mass is 321 g/mol. The summed E-state index contributed by atoms with van der Waals surface area (Å²) in [6.07, 6.45) is 9.58. The summed E-state index contributed by atoms with van der Waals surface area (Å²) in [5.41, 5.74) is 0.768. The third kappa shape index (κ3) is 6.86. The molecule has 132 valence electrons. The molecule has 1 rings (SSSR count). The summed E-state index contributed by atoms with van der Waals surface area (Å²) in [6.45, 7) is 12.0. The number of carbonyl (C=O) groups excluding carboxylic acids is 1. The topological polar surface area (TPSA) is 47.4 Å². The van der Waals surface area contributed by atoms with E-state index in [2.05, 4.69) is 25.3 Å². The molecule has 1 saturated heterocycles. The van der Waals surface area contributed by atoms with E-state index in [0.717, 1.165) is 57.6 Å². The molecule has 0 saturated carbocycles. The molecule has 4 nitrogen and oxygen atoms in total. The van der Waals surface area contributed by atoms with Crippen LogP contribution in [-0.4, -0.2) is 53.6 Å². The second kappa shape index (κ2) is 11.4. The zero-order valence-electron chi connectivity index (χ0n) is 15.1. The maximum Gasteiger partial charge on any atom is 0.222 e. The molecule has 0 aromatic carbocycles. The summed E-state index contributed by atoms with van der Waals surface area (Å²) in [5, 5.41) is 8.24. The lowest BCUT2D eigenvalue weighted by atomic mass is 10.0. The van der Waals surface area contributed by atoms with Crippen molar-refractivity contribution < 1.29 is 4.79 Å². The lowest BCUT2D eigenvalue weighted by Gasteiger charge is -2.31. The quantitative estimate of drug-likeness (QED) is 0.337. The predicted molar refractivity (Wildman–Crippen MR) is 98.1 cm³/mol. The number of rotatable bonds is 12. The van der Waals surface area contributed by atoms with E-state index in [-0.39, 0.29) is 6.04 Å². The largest absolute Gasteiger partial charge is 0.343 e. The minimum absolute atomic E-state index is 0.224. The van der Waals surface area contributed by atoms with Gasteiger partial charge in [-0.2, -0.15) is 0 Å². The van der Waals surface area contributed by atoms with Gasteiger partial charge in [-0.25, -0.2) is 0 Å². The zero-order valence-corrected chi connectivity index (χ0v) is 15.1. The van der Waals surface area contributed by atoms with Gasteiger partial charge in [0.15, 0.2) is 0 Å². The number of hydrogen-bond donors (Lipinski definition) is 1. The van der Waals surface area contributed by atoms with E-state index >= 15 is 0 Å². The molecule has 1 atom stereocenters. The van der Waals surface area contributed by atoms with Gasteiger partial charge in [-0.05, 0) is 51.6 Å². The fraction of sp³-hybridized carbons (Fsp3) is 0.789. The van der Waals surface area contributed by atoms with E-state index in [9.17, 15) is 4.79 Å². The maximum absolute atomic E-state index is 12.1. The summed E-state index contributed by atoms with van der Waals surface area (Å²) in [5.74, 6) is 0.330. The number of likely N-dealkylation sites (tertiary alicyclic amines) is 1. The van der Waals surface area contributed by atoms with Crippen LogP contribution >= 0.6 is 0 Å². The van der Waals surface area contributed by atoms with Crippen molar-refractivity contribution >= 4 is 11.6 Å². The van der Waals surface area contributed by atoms with Crippen molar-refractivity contribution in [1.29, 1.82) is 5.41 Å². The van der Waals surface area contributed by atoms with Gasteiger partial charge in [-0.3, -0.25) is 9.69 Å². The third-order valence-electron chi connectivity index (χ3n) is 4.65. The highest BCUT2D eigenvalue weighted by atomic mass is 16.2. The number of nitrogens with one attached hydrogen (secondary N) is 1. The van der Waals surface area contributed by atoms with Crippen LogP contribution < -0.4 is 0 Å². The van der Waals surface area contributed by atoms with Crippen molar-refractivity contribution in [1.82, 2.24) is 9.80 Å². The molecular weight excluding hydrogens is 286 g/mol. The first-order valence-electron chi connectivity index (χ1n) is 9.34. The van der Waals surface area contributed by atoms with Crippen molar-refractivity contribution in [2.24, 2.45) is 0 Å². The molecule has 0 bridgehead atoms. The van der Waals surface area contributed by atoms with Crippen molar-refractivity contribution in [3.63, 3.8) is 0 Å². The predicted octanol–water partition coefficient (Wildman–Crippen LogP) is 3.87. The Morgan fingerprint density at radius 1 is 1.26 bits per heavy atom. The van der Waals surface area contributed by atoms with Crippen LogP contribution in [0.25, 0.3) is 0 Å². The van der Waals surface area contributed by atoms with Crippen LogP contribution in [0, 0.1) is 5.41 Å². The molecule has 23 heavy (non-hydrogen) atoms. The van der Waals surface area contributed by atoms with Crippen molar-refractivity contribution in [3.05, 3.63) is 12.7 Å². The summed E-state index contributed by atoms with van der Waals surface area (Å²) >= 11 is 0. The van der Waals surface area contributed by atoms with Crippen LogP contribution in [0.5, 0.6) is 0 Å². The Bertz CT molecular complexity index is 375. The van der Waals surface area contributed by atoms with Crippen LogP contribution in [0.2, 0.25) is 0 Å². The molecule has 0 aromatic rings. The van der Waals surface area contributed by atoms with Gasteiger partial charge in [0.25, 0.3) is 0 Å². The van der Waals surface area contributed by atoms with Crippen LogP contribution in [-0.2, 0) is 4.79 Å². The second-order valence-corrected chi connectivity index (χ2v) is 6.52. The molecule has 1 unspecified atom stereocenters. The first kappa shape index (κ1) is 19.9. The first-order chi connectivity index (χ1) is 11.1. The highest BCUT2D eigenvalue weighted by molar-refractivity contribution is 5.87. The maximum atomic E-state index is 12.1. The Morgan fingerprint density at radius 3 is 2.52 bits per heavy atom. The van der Waals surface area contributed by atoms with E-state index in [1.807, 2.05) is 11.0 Å². The van der Waals surface area contributed by atoms with Gasteiger partial charge in [-0.1, -0.05) is 19.9 Å². The highest BCUT2D eigenvalue weighted by Crippen LogP contribution is 2.14. The molecule has 1 amide bonds. The third-order valence-corrected chi connectivity index (χ3v) is 4.65. The normalized spacial score (nSPS) is 15.9. The van der Waals surface area contributed by atoms with Crippen LogP contribution in [0.3, 0.4) is 0 Å². The Balaban J connectivity index is 2.37. The number of amides is 1. The molecule has 0 radical (unpaired) electrons. The minimum Gasteiger partial charge on any atom is -0.343 e. The summed E-state index contributed by atoms with van der Waals surface area (Å²) in [6, 6.07) is 0.224. The number of hydrogen-bond acceptors (Lipinski definition) is 3. The fourth-order valence-electron chi connectivity index (χ4n) is 3.44. The van der Waals surface area contributed by atoms with Gasteiger partial charge in [-0.15, -0.1) is 6.58 Å². The lowest BCUT2D eigenvalue weighted by Crippen LogP contribution is -2.41. The Labute approximate surface area is 142 Å². The number of nitrogens with zero attached hydrogens (tertiary/aromatic N) is 2. The molecule has 1 aliphatic heterocycles. The molecular formula is C19H35N3O. The summed E-state index contributed by atoms with van der Waals surface area (Å²) < 4.78 is 0. The van der Waals surface area contributed by atoms with Gasteiger partial charge in [0, 0.05) is 37.7 Å². The van der Waals surface area contributed by atoms with Gasteiger partial charge in [0.05, 0.1) is 0 Å². The molecule has 1 heterocycles. The highest BCUT2D eigenvalue weighted by Gasteiger charge is 2.20. The Hall–Kier alpha value is -1.16. The van der Waals surface area contributed by atoms with E-state index in [4.69, 9.17) is 5.41 Å². The molecule has 1 aliphatic rings. The molecule has 0 aromatic heterocycles. The molecule has 1 fully saturated rings. The summed E-state index contributed by atoms with van der Waals surface area (Å²) in [7, 11) is 0. The molecule has 1 N–H and O–H groups in total. The van der Waals surface area contributed by atoms with Crippen LogP contribution in [0.15, 0.2) is 12.7 Å². The van der Waals surface area contributed by atoms with Crippen molar-refractivity contribution in [3.8, 4) is 0 Å². The SMILES string of the molecule is C=CCC(=N)C(CC)N(CCC)CCCCC(=O)N1CCCC1. The minimum atomic E-state index is 0.224. The van der Waals surface area contributed by atoms with E-state index in [0.29, 0.717) is 18.7 Å². The van der Waals surface area contributed by atoms with E-state index in [1.54, 1.807) is 0 Å². The smallest absolute Gasteiger partial charge is 0.222 e. The van der Waals surface area contributed by atoms with E-state index < -0.39 is 0 Å². The average molecular weight is 322 g/mol. The van der Waals surface area contributed by atoms with Gasteiger partial charge in [0.1, 0.15) is 0 Å². The lowest BCUT2D eigenvalue weighted by molar-refractivity contribution is -0.130. The van der Waals surface area contributed by atoms with E-state index in [1.165, 1.54) is 12.8 Å². The standard InChI is InChI=1S/C19H35N3O/c1-4-11-17(20)18(6-3)21(13-5-2)14-8-7-12-19(23)22-15-9-10-16-22/h4,18,20H,1,5-16H2,2-3H3. The Kier molecular flexibility index (Phi) is 9.85. The number of carbonyl (C=O) groups is 1. The van der Waals surface area contributed by atoms with Crippen molar-refractivity contribution in [2.45, 2.75) is 71.3 Å². The zero-order chi connectivity index (χ0) is 17.1. The first-order valence-corrected chi connectivity index (χ1v) is 9.34. The molecule has 0 aliphatic carbocycles. The van der Waals surface area contributed by atoms with Gasteiger partial charge >= 0.3 is 0 Å². The average Bonchev–Trinajstić information content (AvgIpc) is 3.06. The van der Waals surface area contributed by atoms with Gasteiger partial charge in [0.2, 0.25) is 5.91 Å². The molecule has 0 spiro atoms.